The Morgan fingerprint density at radius 2 is 2.12 bits per heavy atom. The van der Waals surface area contributed by atoms with Crippen LogP contribution in [0.2, 0.25) is 10.0 Å². The number of aliphatic hydroxyl groups excluding tert-OH is 1. The number of anilines is 1. The SMILES string of the molecule is O=c1oc2ccc(Cl)cc2c(NCCO)c1Cl. The summed E-state index contributed by atoms with van der Waals surface area (Å²) in [6.45, 7) is 0.212. The first-order chi connectivity index (χ1) is 8.13. The molecular formula is C11H9Cl2NO3. The molecule has 0 saturated heterocycles. The summed E-state index contributed by atoms with van der Waals surface area (Å²) in [5.74, 6) is 0. The fourth-order valence-corrected chi connectivity index (χ4v) is 1.88. The first kappa shape index (κ1) is 12.2. The molecule has 1 aromatic heterocycles. The molecule has 0 atom stereocenters. The van der Waals surface area contributed by atoms with Crippen molar-refractivity contribution in [1.82, 2.24) is 0 Å². The molecule has 0 aliphatic rings. The number of aliphatic hydroxyl groups is 1. The van der Waals surface area contributed by atoms with Crippen LogP contribution in [-0.4, -0.2) is 18.3 Å². The Hall–Kier alpha value is -1.23. The van der Waals surface area contributed by atoms with Gasteiger partial charge in [-0.3, -0.25) is 0 Å². The first-order valence-electron chi connectivity index (χ1n) is 4.90. The van der Waals surface area contributed by atoms with E-state index in [1.807, 2.05) is 0 Å². The highest BCUT2D eigenvalue weighted by Crippen LogP contribution is 2.30. The van der Waals surface area contributed by atoms with Gasteiger partial charge in [0.2, 0.25) is 0 Å². The quantitative estimate of drug-likeness (QED) is 0.844. The Bertz CT molecular complexity index is 609. The predicted molar refractivity (Wildman–Crippen MR) is 68.1 cm³/mol. The van der Waals surface area contributed by atoms with Crippen molar-refractivity contribution in [1.29, 1.82) is 0 Å². The fourth-order valence-electron chi connectivity index (χ4n) is 1.51. The number of nitrogens with one attached hydrogen (secondary N) is 1. The van der Waals surface area contributed by atoms with Crippen molar-refractivity contribution in [2.75, 3.05) is 18.5 Å². The Balaban J connectivity index is 2.70. The number of benzene rings is 1. The van der Waals surface area contributed by atoms with Crippen molar-refractivity contribution in [3.63, 3.8) is 0 Å². The Kier molecular flexibility index (Phi) is 3.57. The third-order valence-corrected chi connectivity index (χ3v) is 2.80. The summed E-state index contributed by atoms with van der Waals surface area (Å²) in [6, 6.07) is 4.86. The molecule has 0 bridgehead atoms. The highest BCUT2D eigenvalue weighted by atomic mass is 35.5. The second-order valence-corrected chi connectivity index (χ2v) is 4.18. The summed E-state index contributed by atoms with van der Waals surface area (Å²) in [4.78, 5) is 11.5. The fraction of sp³-hybridized carbons (Fsp3) is 0.182. The normalized spacial score (nSPS) is 10.8. The number of fused-ring (bicyclic) bond motifs is 1. The van der Waals surface area contributed by atoms with E-state index in [4.69, 9.17) is 32.7 Å². The van der Waals surface area contributed by atoms with E-state index in [0.717, 1.165) is 0 Å². The van der Waals surface area contributed by atoms with Gasteiger partial charge in [0, 0.05) is 17.0 Å². The summed E-state index contributed by atoms with van der Waals surface area (Å²) in [5.41, 5.74) is 0.195. The maximum Gasteiger partial charge on any atom is 0.357 e. The van der Waals surface area contributed by atoms with E-state index < -0.39 is 5.63 Å². The third-order valence-electron chi connectivity index (χ3n) is 2.23. The average molecular weight is 274 g/mol. The van der Waals surface area contributed by atoms with Crippen LogP contribution in [0.1, 0.15) is 0 Å². The van der Waals surface area contributed by atoms with Gasteiger partial charge in [0.05, 0.1) is 12.3 Å². The zero-order chi connectivity index (χ0) is 12.4. The van der Waals surface area contributed by atoms with Crippen LogP contribution in [0.15, 0.2) is 27.4 Å². The molecule has 6 heteroatoms. The van der Waals surface area contributed by atoms with Crippen molar-refractivity contribution < 1.29 is 9.52 Å². The van der Waals surface area contributed by atoms with Crippen molar-refractivity contribution in [2.45, 2.75) is 0 Å². The van der Waals surface area contributed by atoms with Gasteiger partial charge >= 0.3 is 5.63 Å². The van der Waals surface area contributed by atoms with Crippen LogP contribution in [0.5, 0.6) is 0 Å². The van der Waals surface area contributed by atoms with Gasteiger partial charge in [0.25, 0.3) is 0 Å². The maximum absolute atomic E-state index is 11.5. The van der Waals surface area contributed by atoms with Crippen LogP contribution in [0.25, 0.3) is 11.0 Å². The molecule has 0 aliphatic heterocycles. The molecule has 0 spiro atoms. The minimum atomic E-state index is -0.623. The molecule has 4 nitrogen and oxygen atoms in total. The summed E-state index contributed by atoms with van der Waals surface area (Å²) >= 11 is 11.7. The van der Waals surface area contributed by atoms with Crippen molar-refractivity contribution in [2.24, 2.45) is 0 Å². The lowest BCUT2D eigenvalue weighted by molar-refractivity contribution is 0.311. The summed E-state index contributed by atoms with van der Waals surface area (Å²) in [6.07, 6.45) is 0. The van der Waals surface area contributed by atoms with E-state index in [1.54, 1.807) is 18.2 Å². The molecule has 2 aromatic rings. The summed E-state index contributed by atoms with van der Waals surface area (Å²) in [5, 5.41) is 12.7. The van der Waals surface area contributed by atoms with Crippen molar-refractivity contribution in [3.05, 3.63) is 38.7 Å². The second kappa shape index (κ2) is 4.96. The molecule has 0 aliphatic carbocycles. The van der Waals surface area contributed by atoms with Crippen LogP contribution >= 0.6 is 23.2 Å². The van der Waals surface area contributed by atoms with Gasteiger partial charge in [-0.1, -0.05) is 23.2 Å². The van der Waals surface area contributed by atoms with Crippen LogP contribution in [-0.2, 0) is 0 Å². The van der Waals surface area contributed by atoms with Gasteiger partial charge < -0.3 is 14.8 Å². The number of hydrogen-bond donors (Lipinski definition) is 2. The Morgan fingerprint density at radius 3 is 2.82 bits per heavy atom. The number of halogens is 2. The monoisotopic (exact) mass is 273 g/mol. The molecule has 1 aromatic carbocycles. The zero-order valence-corrected chi connectivity index (χ0v) is 10.2. The molecule has 17 heavy (non-hydrogen) atoms. The molecular weight excluding hydrogens is 265 g/mol. The van der Waals surface area contributed by atoms with Gasteiger partial charge in [0.15, 0.2) is 0 Å². The van der Waals surface area contributed by atoms with Crippen molar-refractivity contribution >= 4 is 39.9 Å². The molecule has 0 fully saturated rings. The van der Waals surface area contributed by atoms with Gasteiger partial charge in [-0.2, -0.15) is 0 Å². The van der Waals surface area contributed by atoms with Gasteiger partial charge in [-0.15, -0.1) is 0 Å². The number of hydrogen-bond acceptors (Lipinski definition) is 4. The first-order valence-corrected chi connectivity index (χ1v) is 5.65. The minimum absolute atomic E-state index is 0.0479. The lowest BCUT2D eigenvalue weighted by Gasteiger charge is -2.09. The number of rotatable bonds is 3. The predicted octanol–water partition coefficient (Wildman–Crippen LogP) is 2.50. The van der Waals surface area contributed by atoms with Gasteiger partial charge in [-0.05, 0) is 18.2 Å². The maximum atomic E-state index is 11.5. The smallest absolute Gasteiger partial charge is 0.357 e. The molecule has 0 amide bonds. The standard InChI is InChI=1S/C11H9Cl2NO3/c12-6-1-2-8-7(5-6)10(14-3-4-15)9(13)11(16)17-8/h1-2,5,14-15H,3-4H2. The van der Waals surface area contributed by atoms with Crippen LogP contribution in [0.3, 0.4) is 0 Å². The highest BCUT2D eigenvalue weighted by Gasteiger charge is 2.12. The molecule has 0 radical (unpaired) electrons. The molecule has 0 saturated carbocycles. The molecule has 90 valence electrons. The second-order valence-electron chi connectivity index (χ2n) is 3.37. The van der Waals surface area contributed by atoms with E-state index in [1.165, 1.54) is 0 Å². The van der Waals surface area contributed by atoms with E-state index in [0.29, 0.717) is 21.7 Å². The Labute approximate surface area is 107 Å². The molecule has 2 N–H and O–H groups in total. The molecule has 2 rings (SSSR count). The third kappa shape index (κ3) is 2.39. The molecule has 1 heterocycles. The summed E-state index contributed by atoms with van der Waals surface area (Å²) in [7, 11) is 0. The zero-order valence-electron chi connectivity index (χ0n) is 8.67. The highest BCUT2D eigenvalue weighted by molar-refractivity contribution is 6.35. The molecule has 0 unspecified atom stereocenters. The van der Waals surface area contributed by atoms with Crippen LogP contribution in [0.4, 0.5) is 5.69 Å². The lowest BCUT2D eigenvalue weighted by atomic mass is 10.2. The van der Waals surface area contributed by atoms with E-state index in [-0.39, 0.29) is 18.2 Å². The Morgan fingerprint density at radius 1 is 1.35 bits per heavy atom. The summed E-state index contributed by atoms with van der Waals surface area (Å²) < 4.78 is 5.02. The van der Waals surface area contributed by atoms with Gasteiger partial charge in [-0.25, -0.2) is 4.79 Å². The largest absolute Gasteiger partial charge is 0.422 e. The van der Waals surface area contributed by atoms with Gasteiger partial charge in [0.1, 0.15) is 10.6 Å². The van der Waals surface area contributed by atoms with Crippen molar-refractivity contribution in [3.8, 4) is 0 Å². The van der Waals surface area contributed by atoms with Crippen LogP contribution in [0, 0.1) is 0 Å². The minimum Gasteiger partial charge on any atom is -0.422 e. The van der Waals surface area contributed by atoms with E-state index >= 15 is 0 Å². The lowest BCUT2D eigenvalue weighted by Crippen LogP contribution is -2.10. The average Bonchev–Trinajstić information content (AvgIpc) is 2.31. The van der Waals surface area contributed by atoms with E-state index in [2.05, 4.69) is 5.32 Å². The topological polar surface area (TPSA) is 62.5 Å². The van der Waals surface area contributed by atoms with Crippen LogP contribution < -0.4 is 10.9 Å². The van der Waals surface area contributed by atoms with E-state index in [9.17, 15) is 4.79 Å².